The molecule has 5 nitrogen and oxygen atoms in total. The summed E-state index contributed by atoms with van der Waals surface area (Å²) in [6.07, 6.45) is 4.87. The van der Waals surface area contributed by atoms with E-state index in [1.807, 2.05) is 12.1 Å². The molecule has 0 amide bonds. The van der Waals surface area contributed by atoms with Gasteiger partial charge in [0.1, 0.15) is 18.1 Å². The van der Waals surface area contributed by atoms with Crippen LogP contribution >= 0.6 is 11.6 Å². The van der Waals surface area contributed by atoms with Gasteiger partial charge >= 0.3 is 0 Å². The van der Waals surface area contributed by atoms with Crippen molar-refractivity contribution in [2.45, 2.75) is 6.61 Å². The highest BCUT2D eigenvalue weighted by molar-refractivity contribution is 6.34. The highest BCUT2D eigenvalue weighted by Gasteiger charge is 2.10. The van der Waals surface area contributed by atoms with Gasteiger partial charge in [-0.3, -0.25) is 4.98 Å². The van der Waals surface area contributed by atoms with E-state index in [4.69, 9.17) is 21.1 Å². The molecule has 0 aliphatic carbocycles. The van der Waals surface area contributed by atoms with Gasteiger partial charge < -0.3 is 9.47 Å². The fourth-order valence-electron chi connectivity index (χ4n) is 1.94. The molecule has 0 aliphatic heterocycles. The third kappa shape index (κ3) is 2.87. The largest absolute Gasteiger partial charge is 0.493 e. The fraction of sp³-hybridized carbons (Fsp3) is 0.133. The Hall–Kier alpha value is -2.40. The molecule has 0 bridgehead atoms. The van der Waals surface area contributed by atoms with Crippen molar-refractivity contribution in [3.63, 3.8) is 0 Å². The lowest BCUT2D eigenvalue weighted by molar-refractivity contribution is 0.285. The van der Waals surface area contributed by atoms with Crippen LogP contribution in [0.5, 0.6) is 11.5 Å². The number of aromatic nitrogens is 3. The first kappa shape index (κ1) is 13.6. The van der Waals surface area contributed by atoms with Crippen LogP contribution < -0.4 is 9.47 Å². The first-order valence-corrected chi connectivity index (χ1v) is 6.65. The average Bonchev–Trinajstić information content (AvgIpc) is 2.53. The monoisotopic (exact) mass is 301 g/mol. The molecule has 0 saturated carbocycles. The quantitative estimate of drug-likeness (QED) is 0.692. The van der Waals surface area contributed by atoms with Crippen molar-refractivity contribution < 1.29 is 9.47 Å². The Bertz CT molecular complexity index is 765. The van der Waals surface area contributed by atoms with Gasteiger partial charge in [-0.25, -0.2) is 9.97 Å². The summed E-state index contributed by atoms with van der Waals surface area (Å²) in [5, 5.41) is 1.12. The van der Waals surface area contributed by atoms with Crippen molar-refractivity contribution in [1.29, 1.82) is 0 Å². The highest BCUT2D eigenvalue weighted by Crippen LogP contribution is 2.34. The maximum Gasteiger partial charge on any atom is 0.163 e. The molecule has 0 aliphatic rings. The minimum absolute atomic E-state index is 0.388. The van der Waals surface area contributed by atoms with Crippen molar-refractivity contribution in [2.24, 2.45) is 0 Å². The van der Waals surface area contributed by atoms with Gasteiger partial charge in [0.15, 0.2) is 11.5 Å². The Labute approximate surface area is 126 Å². The van der Waals surface area contributed by atoms with E-state index in [9.17, 15) is 0 Å². The number of hydrogen-bond donors (Lipinski definition) is 0. The van der Waals surface area contributed by atoms with E-state index in [0.29, 0.717) is 28.8 Å². The number of fused-ring (bicyclic) bond motifs is 1. The van der Waals surface area contributed by atoms with Gasteiger partial charge in [-0.2, -0.15) is 0 Å². The second kappa shape index (κ2) is 5.93. The van der Waals surface area contributed by atoms with Crippen LogP contribution in [0.15, 0.2) is 43.0 Å². The summed E-state index contributed by atoms with van der Waals surface area (Å²) in [6.45, 7) is 0.420. The molecule has 2 heterocycles. The summed E-state index contributed by atoms with van der Waals surface area (Å²) in [5.74, 6) is 1.20. The van der Waals surface area contributed by atoms with Crippen molar-refractivity contribution in [1.82, 2.24) is 15.0 Å². The van der Waals surface area contributed by atoms with Gasteiger partial charge in [-0.05, 0) is 23.8 Å². The van der Waals surface area contributed by atoms with E-state index in [1.165, 1.54) is 6.33 Å². The molecule has 1 aromatic carbocycles. The van der Waals surface area contributed by atoms with Crippen molar-refractivity contribution >= 4 is 22.5 Å². The molecule has 0 unspecified atom stereocenters. The van der Waals surface area contributed by atoms with Crippen LogP contribution in [0, 0.1) is 0 Å². The summed E-state index contributed by atoms with van der Waals surface area (Å²) in [7, 11) is 1.58. The Balaban J connectivity index is 1.94. The van der Waals surface area contributed by atoms with E-state index in [2.05, 4.69) is 15.0 Å². The normalized spacial score (nSPS) is 10.6. The smallest absolute Gasteiger partial charge is 0.163 e. The van der Waals surface area contributed by atoms with Gasteiger partial charge in [0.2, 0.25) is 0 Å². The van der Waals surface area contributed by atoms with Crippen LogP contribution in [0.3, 0.4) is 0 Å². The Kier molecular flexibility index (Phi) is 3.83. The second-order valence-electron chi connectivity index (χ2n) is 4.33. The standard InChI is InChI=1S/C15H12ClN3O2/c1-20-13-6-11-12(18-9-19-15(11)16)7-14(13)21-8-10-2-4-17-5-3-10/h2-7,9H,8H2,1H3. The number of halogens is 1. The molecule has 21 heavy (non-hydrogen) atoms. The van der Waals surface area contributed by atoms with Crippen molar-refractivity contribution in [3.05, 3.63) is 53.7 Å². The van der Waals surface area contributed by atoms with Crippen molar-refractivity contribution in [2.75, 3.05) is 7.11 Å². The third-order valence-corrected chi connectivity index (χ3v) is 3.32. The Morgan fingerprint density at radius 2 is 1.90 bits per heavy atom. The number of nitrogens with zero attached hydrogens (tertiary/aromatic N) is 3. The first-order chi connectivity index (χ1) is 10.3. The summed E-state index contributed by atoms with van der Waals surface area (Å²) in [4.78, 5) is 12.1. The van der Waals surface area contributed by atoms with Gasteiger partial charge in [0.05, 0.1) is 12.6 Å². The highest BCUT2D eigenvalue weighted by atomic mass is 35.5. The summed E-state index contributed by atoms with van der Waals surface area (Å²) >= 11 is 6.06. The van der Waals surface area contributed by atoms with E-state index < -0.39 is 0 Å². The SMILES string of the molecule is COc1cc2c(Cl)ncnc2cc1OCc1ccncc1. The molecule has 0 saturated heterocycles. The number of ether oxygens (including phenoxy) is 2. The van der Waals surface area contributed by atoms with Crippen molar-refractivity contribution in [3.8, 4) is 11.5 Å². The van der Waals surface area contributed by atoms with E-state index in [1.54, 1.807) is 31.6 Å². The van der Waals surface area contributed by atoms with E-state index >= 15 is 0 Å². The van der Waals surface area contributed by atoms with Gasteiger partial charge in [-0.15, -0.1) is 0 Å². The maximum atomic E-state index is 6.06. The van der Waals surface area contributed by atoms with Crippen LogP contribution in [0.2, 0.25) is 5.15 Å². The maximum absolute atomic E-state index is 6.06. The molecule has 2 aromatic heterocycles. The third-order valence-electron chi connectivity index (χ3n) is 3.02. The fourth-order valence-corrected chi connectivity index (χ4v) is 2.14. The van der Waals surface area contributed by atoms with Crippen LogP contribution in [-0.4, -0.2) is 22.1 Å². The molecule has 0 atom stereocenters. The number of rotatable bonds is 4. The zero-order chi connectivity index (χ0) is 14.7. The van der Waals surface area contributed by atoms with E-state index in [0.717, 1.165) is 10.9 Å². The molecule has 6 heteroatoms. The predicted octanol–water partition coefficient (Wildman–Crippen LogP) is 3.27. The van der Waals surface area contributed by atoms with Crippen LogP contribution in [0.1, 0.15) is 5.56 Å². The van der Waals surface area contributed by atoms with Crippen LogP contribution in [-0.2, 0) is 6.61 Å². The summed E-state index contributed by atoms with van der Waals surface area (Å²) < 4.78 is 11.2. The lowest BCUT2D eigenvalue weighted by Crippen LogP contribution is -1.98. The lowest BCUT2D eigenvalue weighted by Gasteiger charge is -2.12. The molecule has 3 aromatic rings. The second-order valence-corrected chi connectivity index (χ2v) is 4.69. The zero-order valence-corrected chi connectivity index (χ0v) is 12.0. The number of benzene rings is 1. The van der Waals surface area contributed by atoms with E-state index in [-0.39, 0.29) is 0 Å². The van der Waals surface area contributed by atoms with Gasteiger partial charge in [0, 0.05) is 23.8 Å². The van der Waals surface area contributed by atoms with Crippen LogP contribution in [0.25, 0.3) is 10.9 Å². The number of hydrogen-bond acceptors (Lipinski definition) is 5. The molecular weight excluding hydrogens is 290 g/mol. The molecule has 3 rings (SSSR count). The zero-order valence-electron chi connectivity index (χ0n) is 11.3. The molecule has 0 spiro atoms. The molecule has 106 valence electrons. The molecule has 0 N–H and O–H groups in total. The summed E-state index contributed by atoms with van der Waals surface area (Å²) in [5.41, 5.74) is 1.73. The topological polar surface area (TPSA) is 57.1 Å². The molecule has 0 radical (unpaired) electrons. The Morgan fingerprint density at radius 3 is 2.67 bits per heavy atom. The van der Waals surface area contributed by atoms with Gasteiger partial charge in [-0.1, -0.05) is 11.6 Å². The van der Waals surface area contributed by atoms with Gasteiger partial charge in [0.25, 0.3) is 0 Å². The lowest BCUT2D eigenvalue weighted by atomic mass is 10.2. The number of pyridine rings is 1. The number of methoxy groups -OCH3 is 1. The summed E-state index contributed by atoms with van der Waals surface area (Å²) in [6, 6.07) is 7.36. The minimum atomic E-state index is 0.388. The minimum Gasteiger partial charge on any atom is -0.493 e. The Morgan fingerprint density at radius 1 is 1.10 bits per heavy atom. The average molecular weight is 302 g/mol. The van der Waals surface area contributed by atoms with Crippen LogP contribution in [0.4, 0.5) is 0 Å². The predicted molar refractivity (Wildman–Crippen MR) is 79.7 cm³/mol. The molecular formula is C15H12ClN3O2. The molecule has 0 fully saturated rings. The first-order valence-electron chi connectivity index (χ1n) is 6.28.